The third-order valence-electron chi connectivity index (χ3n) is 3.56. The number of halogens is 2. The molecule has 2 aliphatic rings. The monoisotopic (exact) mass is 287 g/mol. The molecule has 1 N–H and O–H groups in total. The average molecular weight is 288 g/mol. The minimum Gasteiger partial charge on any atom is -0.367 e. The van der Waals surface area contributed by atoms with Crippen molar-refractivity contribution in [2.75, 3.05) is 25.0 Å². The summed E-state index contributed by atoms with van der Waals surface area (Å²) in [6, 6.07) is 0.855. The molecule has 1 unspecified atom stereocenters. The van der Waals surface area contributed by atoms with Crippen LogP contribution in [-0.2, 0) is 0 Å². The molecule has 1 aromatic heterocycles. The van der Waals surface area contributed by atoms with Crippen LogP contribution in [0.25, 0.3) is 0 Å². The molecular weight excluding hydrogens is 273 g/mol. The van der Waals surface area contributed by atoms with Gasteiger partial charge in [-0.1, -0.05) is 11.6 Å². The van der Waals surface area contributed by atoms with E-state index in [9.17, 15) is 0 Å². The average Bonchev–Trinajstić information content (AvgIpc) is 3.10. The highest BCUT2D eigenvalue weighted by atomic mass is 35.5. The van der Waals surface area contributed by atoms with Crippen LogP contribution in [0.5, 0.6) is 0 Å². The highest BCUT2D eigenvalue weighted by molar-refractivity contribution is 6.32. The molecule has 0 bridgehead atoms. The van der Waals surface area contributed by atoms with E-state index in [4.69, 9.17) is 23.2 Å². The lowest BCUT2D eigenvalue weighted by molar-refractivity contribution is 0.316. The number of nitrogens with zero attached hydrogens (tertiary/aromatic N) is 4. The van der Waals surface area contributed by atoms with Gasteiger partial charge in [-0.2, -0.15) is 4.98 Å². The summed E-state index contributed by atoms with van der Waals surface area (Å²) in [6.45, 7) is 3.24. The summed E-state index contributed by atoms with van der Waals surface area (Å²) in [5.41, 5.74) is 0. The first kappa shape index (κ1) is 12.4. The highest BCUT2D eigenvalue weighted by Gasteiger charge is 2.34. The Hall–Kier alpha value is -0.650. The summed E-state index contributed by atoms with van der Waals surface area (Å²) in [5, 5.41) is 10.9. The molecule has 1 saturated carbocycles. The maximum atomic E-state index is 5.90. The maximum Gasteiger partial charge on any atom is 0.245 e. The van der Waals surface area contributed by atoms with E-state index in [2.05, 4.69) is 25.4 Å². The Morgan fingerprint density at radius 2 is 2.06 bits per heavy atom. The molecule has 2 heterocycles. The summed E-state index contributed by atoms with van der Waals surface area (Å²) in [7, 11) is 0. The van der Waals surface area contributed by atoms with Crippen LogP contribution in [0, 0.1) is 5.92 Å². The first-order valence-electron chi connectivity index (χ1n) is 6.26. The van der Waals surface area contributed by atoms with Crippen molar-refractivity contribution in [1.29, 1.82) is 0 Å². The van der Waals surface area contributed by atoms with Gasteiger partial charge in [0.25, 0.3) is 0 Å². The van der Waals surface area contributed by atoms with Gasteiger partial charge >= 0.3 is 0 Å². The van der Waals surface area contributed by atoms with Gasteiger partial charge in [0.05, 0.1) is 0 Å². The van der Waals surface area contributed by atoms with Gasteiger partial charge in [-0.05, 0) is 43.3 Å². The number of hydrogen-bond acceptors (Lipinski definition) is 5. The Morgan fingerprint density at radius 1 is 1.22 bits per heavy atom. The van der Waals surface area contributed by atoms with Crippen LogP contribution in [0.15, 0.2) is 0 Å². The number of anilines is 1. The molecule has 2 fully saturated rings. The van der Waals surface area contributed by atoms with Gasteiger partial charge in [0.1, 0.15) is 0 Å². The van der Waals surface area contributed by atoms with Crippen LogP contribution < -0.4 is 5.32 Å². The minimum atomic E-state index is 0.118. The van der Waals surface area contributed by atoms with E-state index in [0.29, 0.717) is 11.7 Å². The largest absolute Gasteiger partial charge is 0.367 e. The number of rotatable bonds is 4. The third-order valence-corrected chi connectivity index (χ3v) is 3.97. The van der Waals surface area contributed by atoms with Gasteiger partial charge in [-0.3, -0.25) is 0 Å². The lowest BCUT2D eigenvalue weighted by atomic mass is 10.1. The Bertz CT molecular complexity index is 437. The van der Waals surface area contributed by atoms with Crippen molar-refractivity contribution in [1.82, 2.24) is 20.1 Å². The van der Waals surface area contributed by atoms with Crippen molar-refractivity contribution in [3.8, 4) is 0 Å². The van der Waals surface area contributed by atoms with Crippen molar-refractivity contribution in [2.45, 2.75) is 25.3 Å². The molecule has 0 amide bonds. The lowest BCUT2D eigenvalue weighted by Gasteiger charge is -2.15. The topological polar surface area (TPSA) is 53.9 Å². The summed E-state index contributed by atoms with van der Waals surface area (Å²) in [5.74, 6) is 1.18. The minimum absolute atomic E-state index is 0.118. The van der Waals surface area contributed by atoms with Gasteiger partial charge in [0.15, 0.2) is 11.0 Å². The van der Waals surface area contributed by atoms with E-state index in [1.807, 2.05) is 0 Å². The van der Waals surface area contributed by atoms with Gasteiger partial charge in [-0.25, -0.2) is 0 Å². The molecule has 7 heteroatoms. The van der Waals surface area contributed by atoms with Gasteiger partial charge < -0.3 is 10.2 Å². The zero-order chi connectivity index (χ0) is 12.5. The maximum absolute atomic E-state index is 5.90. The van der Waals surface area contributed by atoms with Crippen LogP contribution in [0.2, 0.25) is 10.4 Å². The highest BCUT2D eigenvalue weighted by Crippen LogP contribution is 2.31. The summed E-state index contributed by atoms with van der Waals surface area (Å²) >= 11 is 11.6. The van der Waals surface area contributed by atoms with E-state index in [1.165, 1.54) is 32.4 Å². The second-order valence-electron chi connectivity index (χ2n) is 4.98. The van der Waals surface area contributed by atoms with E-state index in [0.717, 1.165) is 12.6 Å². The molecule has 1 saturated heterocycles. The van der Waals surface area contributed by atoms with Crippen LogP contribution >= 0.6 is 23.2 Å². The van der Waals surface area contributed by atoms with E-state index in [-0.39, 0.29) is 10.4 Å². The molecule has 1 aromatic rings. The molecule has 1 aliphatic carbocycles. The van der Waals surface area contributed by atoms with Crippen molar-refractivity contribution >= 4 is 29.0 Å². The fraction of sp³-hybridized carbons (Fsp3) is 0.727. The molecule has 1 aliphatic heterocycles. The predicted molar refractivity (Wildman–Crippen MR) is 71.0 cm³/mol. The van der Waals surface area contributed by atoms with Gasteiger partial charge in [0, 0.05) is 19.1 Å². The van der Waals surface area contributed by atoms with E-state index >= 15 is 0 Å². The second kappa shape index (κ2) is 5.15. The van der Waals surface area contributed by atoms with E-state index in [1.54, 1.807) is 0 Å². The zero-order valence-corrected chi connectivity index (χ0v) is 11.5. The van der Waals surface area contributed by atoms with E-state index < -0.39 is 0 Å². The standard InChI is InChI=1S/C11H15Cl2N5/c12-9-10(15-11(13)17-16-9)14-5-7-3-4-18(6-7)8-1-2-8/h7-8H,1-6H2,(H,14,15,17). The van der Waals surface area contributed by atoms with Crippen molar-refractivity contribution in [3.05, 3.63) is 10.4 Å². The van der Waals surface area contributed by atoms with Gasteiger partial charge in [-0.15, -0.1) is 10.2 Å². The van der Waals surface area contributed by atoms with Crippen molar-refractivity contribution in [2.24, 2.45) is 5.92 Å². The summed E-state index contributed by atoms with van der Waals surface area (Å²) in [4.78, 5) is 6.62. The van der Waals surface area contributed by atoms with Crippen LogP contribution in [-0.4, -0.2) is 45.8 Å². The molecule has 0 aromatic carbocycles. The Labute approximate surface area is 116 Å². The normalized spacial score (nSPS) is 24.4. The van der Waals surface area contributed by atoms with Gasteiger partial charge in [0.2, 0.25) is 5.28 Å². The first-order chi connectivity index (χ1) is 8.72. The predicted octanol–water partition coefficient (Wildman–Crippen LogP) is 2.07. The van der Waals surface area contributed by atoms with Crippen molar-refractivity contribution in [3.63, 3.8) is 0 Å². The molecule has 98 valence electrons. The van der Waals surface area contributed by atoms with Crippen LogP contribution in [0.1, 0.15) is 19.3 Å². The molecule has 1 atom stereocenters. The molecule has 5 nitrogen and oxygen atoms in total. The molecule has 0 spiro atoms. The second-order valence-corrected chi connectivity index (χ2v) is 5.68. The molecule has 0 radical (unpaired) electrons. The third kappa shape index (κ3) is 2.84. The Kier molecular flexibility index (Phi) is 3.54. The van der Waals surface area contributed by atoms with Crippen LogP contribution in [0.3, 0.4) is 0 Å². The Morgan fingerprint density at radius 3 is 2.83 bits per heavy atom. The smallest absolute Gasteiger partial charge is 0.245 e. The fourth-order valence-electron chi connectivity index (χ4n) is 2.45. The number of likely N-dealkylation sites (tertiary alicyclic amines) is 1. The number of aromatic nitrogens is 3. The molecular formula is C11H15Cl2N5. The number of nitrogens with one attached hydrogen (secondary N) is 1. The fourth-order valence-corrected chi connectivity index (χ4v) is 2.72. The SMILES string of the molecule is Clc1nnc(Cl)c(NCC2CCN(C3CC3)C2)n1. The Balaban J connectivity index is 1.53. The first-order valence-corrected chi connectivity index (χ1v) is 7.01. The zero-order valence-electron chi connectivity index (χ0n) is 9.94. The molecule has 3 rings (SSSR count). The quantitative estimate of drug-likeness (QED) is 0.919. The van der Waals surface area contributed by atoms with Crippen LogP contribution in [0.4, 0.5) is 5.82 Å². The summed E-state index contributed by atoms with van der Waals surface area (Å²) in [6.07, 6.45) is 3.97. The summed E-state index contributed by atoms with van der Waals surface area (Å²) < 4.78 is 0. The van der Waals surface area contributed by atoms with Crippen molar-refractivity contribution < 1.29 is 0 Å². The number of hydrogen-bond donors (Lipinski definition) is 1. The lowest BCUT2D eigenvalue weighted by Crippen LogP contribution is -2.25. The molecule has 18 heavy (non-hydrogen) atoms.